The Balaban J connectivity index is 2.40. The molecule has 0 aliphatic carbocycles. The summed E-state index contributed by atoms with van der Waals surface area (Å²) in [7, 11) is 0. The van der Waals surface area contributed by atoms with Crippen LogP contribution in [0, 0.1) is 11.3 Å². The number of nitrogens with zero attached hydrogens (tertiary/aromatic N) is 3. The van der Waals surface area contributed by atoms with Gasteiger partial charge in [0.15, 0.2) is 0 Å². The summed E-state index contributed by atoms with van der Waals surface area (Å²) in [5.74, 6) is 1.37. The van der Waals surface area contributed by atoms with Crippen molar-refractivity contribution in [2.75, 3.05) is 0 Å². The van der Waals surface area contributed by atoms with E-state index in [0.717, 1.165) is 0 Å². The van der Waals surface area contributed by atoms with Crippen LogP contribution in [0.5, 0.6) is 11.6 Å². The van der Waals surface area contributed by atoms with E-state index in [1.165, 1.54) is 6.07 Å². The second kappa shape index (κ2) is 5.48. The highest BCUT2D eigenvalue weighted by Crippen LogP contribution is 2.27. The van der Waals surface area contributed by atoms with Gasteiger partial charge in [-0.25, -0.2) is 4.98 Å². The average Bonchev–Trinajstić information content (AvgIpc) is 2.37. The Morgan fingerprint density at radius 3 is 2.55 bits per heavy atom. The SMILES string of the molecule is CC(C)(C)c1nc(Cl)cc(Oc2ccccc2C#N)n1. The fraction of sp³-hybridized carbons (Fsp3) is 0.267. The summed E-state index contributed by atoms with van der Waals surface area (Å²) < 4.78 is 5.66. The lowest BCUT2D eigenvalue weighted by molar-refractivity contribution is 0.444. The van der Waals surface area contributed by atoms with Crippen molar-refractivity contribution >= 4 is 11.6 Å². The van der Waals surface area contributed by atoms with Gasteiger partial charge in [0.05, 0.1) is 5.56 Å². The van der Waals surface area contributed by atoms with Gasteiger partial charge in [0.25, 0.3) is 0 Å². The molecule has 0 unspecified atom stereocenters. The molecule has 0 fully saturated rings. The van der Waals surface area contributed by atoms with Gasteiger partial charge in [-0.1, -0.05) is 44.5 Å². The molecule has 0 saturated heterocycles. The van der Waals surface area contributed by atoms with Gasteiger partial charge >= 0.3 is 0 Å². The topological polar surface area (TPSA) is 58.8 Å². The molecule has 5 heteroatoms. The first-order valence-corrected chi connectivity index (χ1v) is 6.50. The van der Waals surface area contributed by atoms with Crippen molar-refractivity contribution in [2.24, 2.45) is 0 Å². The molecule has 4 nitrogen and oxygen atoms in total. The highest BCUT2D eigenvalue weighted by molar-refractivity contribution is 6.29. The van der Waals surface area contributed by atoms with Gasteiger partial charge in [0, 0.05) is 11.5 Å². The van der Waals surface area contributed by atoms with E-state index >= 15 is 0 Å². The van der Waals surface area contributed by atoms with Crippen molar-refractivity contribution in [2.45, 2.75) is 26.2 Å². The fourth-order valence-corrected chi connectivity index (χ4v) is 1.72. The van der Waals surface area contributed by atoms with Crippen molar-refractivity contribution in [1.82, 2.24) is 9.97 Å². The minimum Gasteiger partial charge on any atom is -0.437 e. The van der Waals surface area contributed by atoms with Gasteiger partial charge in [-0.05, 0) is 12.1 Å². The van der Waals surface area contributed by atoms with Crippen LogP contribution in [-0.4, -0.2) is 9.97 Å². The first-order valence-electron chi connectivity index (χ1n) is 6.12. The standard InChI is InChI=1S/C15H14ClN3O/c1-15(2,3)14-18-12(16)8-13(19-14)20-11-7-5-4-6-10(11)9-17/h4-8H,1-3H3. The maximum Gasteiger partial charge on any atom is 0.224 e. The quantitative estimate of drug-likeness (QED) is 0.781. The smallest absolute Gasteiger partial charge is 0.224 e. The van der Waals surface area contributed by atoms with Crippen LogP contribution >= 0.6 is 11.6 Å². The molecule has 0 spiro atoms. The number of aromatic nitrogens is 2. The fourth-order valence-electron chi connectivity index (χ4n) is 1.55. The minimum atomic E-state index is -0.238. The molecule has 0 atom stereocenters. The van der Waals surface area contributed by atoms with Crippen LogP contribution in [-0.2, 0) is 5.41 Å². The molecule has 2 aromatic rings. The minimum absolute atomic E-state index is 0.238. The monoisotopic (exact) mass is 287 g/mol. The summed E-state index contributed by atoms with van der Waals surface area (Å²) in [6.45, 7) is 5.98. The third-order valence-electron chi connectivity index (χ3n) is 2.56. The Bertz CT molecular complexity index is 672. The van der Waals surface area contributed by atoms with Crippen LogP contribution in [0.3, 0.4) is 0 Å². The van der Waals surface area contributed by atoms with E-state index in [1.807, 2.05) is 20.8 Å². The number of nitriles is 1. The molecule has 0 aliphatic heterocycles. The molecule has 20 heavy (non-hydrogen) atoms. The number of benzene rings is 1. The summed E-state index contributed by atoms with van der Waals surface area (Å²) in [6.07, 6.45) is 0. The average molecular weight is 288 g/mol. The molecule has 0 N–H and O–H groups in total. The first kappa shape index (κ1) is 14.3. The summed E-state index contributed by atoms with van der Waals surface area (Å²) in [4.78, 5) is 8.55. The lowest BCUT2D eigenvalue weighted by atomic mass is 9.96. The van der Waals surface area contributed by atoms with Crippen LogP contribution in [0.1, 0.15) is 32.2 Å². The van der Waals surface area contributed by atoms with Crippen molar-refractivity contribution in [3.05, 3.63) is 46.9 Å². The molecule has 102 valence electrons. The molecule has 1 heterocycles. The zero-order valence-electron chi connectivity index (χ0n) is 11.5. The zero-order valence-corrected chi connectivity index (χ0v) is 12.3. The zero-order chi connectivity index (χ0) is 14.8. The van der Waals surface area contributed by atoms with Crippen molar-refractivity contribution in [3.8, 4) is 17.7 Å². The van der Waals surface area contributed by atoms with Gasteiger partial charge in [0.1, 0.15) is 22.8 Å². The number of ether oxygens (including phenoxy) is 1. The number of rotatable bonds is 2. The maximum absolute atomic E-state index is 9.05. The van der Waals surface area contributed by atoms with Crippen LogP contribution in [0.25, 0.3) is 0 Å². The van der Waals surface area contributed by atoms with Crippen LogP contribution in [0.2, 0.25) is 5.15 Å². The van der Waals surface area contributed by atoms with Crippen molar-refractivity contribution < 1.29 is 4.74 Å². The van der Waals surface area contributed by atoms with E-state index in [1.54, 1.807) is 24.3 Å². The van der Waals surface area contributed by atoms with Gasteiger partial charge in [-0.3, -0.25) is 0 Å². The molecule has 1 aromatic heterocycles. The normalized spacial score (nSPS) is 10.9. The van der Waals surface area contributed by atoms with E-state index < -0.39 is 0 Å². The highest BCUT2D eigenvalue weighted by Gasteiger charge is 2.19. The molecule has 0 radical (unpaired) electrons. The molecule has 1 aromatic carbocycles. The summed E-state index contributed by atoms with van der Waals surface area (Å²) in [5, 5.41) is 9.36. The predicted molar refractivity (Wildman–Crippen MR) is 77.0 cm³/mol. The van der Waals surface area contributed by atoms with Crippen LogP contribution in [0.4, 0.5) is 0 Å². The summed E-state index contributed by atoms with van der Waals surface area (Å²) >= 11 is 6.00. The van der Waals surface area contributed by atoms with Gasteiger partial charge in [-0.2, -0.15) is 10.2 Å². The second-order valence-corrected chi connectivity index (χ2v) is 5.70. The van der Waals surface area contributed by atoms with Crippen LogP contribution in [0.15, 0.2) is 30.3 Å². The van der Waals surface area contributed by atoms with Gasteiger partial charge in [0.2, 0.25) is 5.88 Å². The van der Waals surface area contributed by atoms with E-state index in [2.05, 4.69) is 16.0 Å². The number of para-hydroxylation sites is 1. The Morgan fingerprint density at radius 2 is 1.90 bits per heavy atom. The lowest BCUT2D eigenvalue weighted by Gasteiger charge is -2.17. The van der Waals surface area contributed by atoms with Crippen molar-refractivity contribution in [1.29, 1.82) is 5.26 Å². The molecule has 0 bridgehead atoms. The van der Waals surface area contributed by atoms with Crippen LogP contribution < -0.4 is 4.74 Å². The lowest BCUT2D eigenvalue weighted by Crippen LogP contribution is -2.16. The number of hydrogen-bond acceptors (Lipinski definition) is 4. The predicted octanol–water partition coefficient (Wildman–Crippen LogP) is 4.09. The maximum atomic E-state index is 9.05. The van der Waals surface area contributed by atoms with E-state index in [9.17, 15) is 0 Å². The van der Waals surface area contributed by atoms with Crippen molar-refractivity contribution in [3.63, 3.8) is 0 Å². The first-order chi connectivity index (χ1) is 9.40. The second-order valence-electron chi connectivity index (χ2n) is 5.31. The molecule has 2 rings (SSSR count). The highest BCUT2D eigenvalue weighted by atomic mass is 35.5. The third-order valence-corrected chi connectivity index (χ3v) is 2.76. The van der Waals surface area contributed by atoms with Gasteiger partial charge < -0.3 is 4.74 Å². The Hall–Kier alpha value is -2.12. The van der Waals surface area contributed by atoms with E-state index in [4.69, 9.17) is 21.6 Å². The van der Waals surface area contributed by atoms with E-state index in [0.29, 0.717) is 28.2 Å². The number of halogens is 1. The Kier molecular flexibility index (Phi) is 3.91. The Labute approximate surface area is 123 Å². The third kappa shape index (κ3) is 3.25. The number of hydrogen-bond donors (Lipinski definition) is 0. The molecule has 0 saturated carbocycles. The van der Waals surface area contributed by atoms with E-state index in [-0.39, 0.29) is 5.41 Å². The summed E-state index contributed by atoms with van der Waals surface area (Å²) in [6, 6.07) is 10.6. The van der Waals surface area contributed by atoms with Gasteiger partial charge in [-0.15, -0.1) is 0 Å². The largest absolute Gasteiger partial charge is 0.437 e. The molecular formula is C15H14ClN3O. The Morgan fingerprint density at radius 1 is 1.20 bits per heavy atom. The molecule has 0 amide bonds. The molecular weight excluding hydrogens is 274 g/mol. The summed E-state index contributed by atoms with van der Waals surface area (Å²) in [5.41, 5.74) is 0.206. The molecule has 0 aliphatic rings.